The van der Waals surface area contributed by atoms with E-state index in [2.05, 4.69) is 36.4 Å². The van der Waals surface area contributed by atoms with Crippen molar-refractivity contribution in [1.29, 1.82) is 0 Å². The molecule has 3 nitrogen and oxygen atoms in total. The van der Waals surface area contributed by atoms with E-state index in [4.69, 9.17) is 0 Å². The average molecular weight is 474 g/mol. The smallest absolute Gasteiger partial charge is 0.237 e. The predicted octanol–water partition coefficient (Wildman–Crippen LogP) is 7.51. The first-order valence-corrected chi connectivity index (χ1v) is 13.2. The molecule has 0 aliphatic carbocycles. The van der Waals surface area contributed by atoms with Gasteiger partial charge in [-0.05, 0) is 52.1 Å². The van der Waals surface area contributed by atoms with Gasteiger partial charge < -0.3 is 0 Å². The lowest BCUT2D eigenvalue weighted by atomic mass is 10.0. The molecule has 0 aliphatic rings. The Bertz CT molecular complexity index is 1660. The van der Waals surface area contributed by atoms with E-state index >= 15 is 0 Å². The molecule has 0 bridgehead atoms. The molecular weight excluding hydrogens is 450 g/mol. The van der Waals surface area contributed by atoms with Crippen LogP contribution >= 0.6 is 0 Å². The van der Waals surface area contributed by atoms with Gasteiger partial charge in [0.2, 0.25) is 10.0 Å². The molecule has 35 heavy (non-hydrogen) atoms. The molecule has 1 aromatic heterocycles. The van der Waals surface area contributed by atoms with Gasteiger partial charge in [0.1, 0.15) is 0 Å². The van der Waals surface area contributed by atoms with Gasteiger partial charge in [-0.25, -0.2) is 12.4 Å². The van der Waals surface area contributed by atoms with Gasteiger partial charge in [0, 0.05) is 10.8 Å². The van der Waals surface area contributed by atoms with Crippen LogP contribution in [0.5, 0.6) is 0 Å². The first kappa shape index (κ1) is 21.4. The van der Waals surface area contributed by atoms with Crippen molar-refractivity contribution in [2.45, 2.75) is 5.75 Å². The largest absolute Gasteiger partial charge is 0.243 e. The highest BCUT2D eigenvalue weighted by Crippen LogP contribution is 2.36. The van der Waals surface area contributed by atoms with Crippen molar-refractivity contribution >= 4 is 31.8 Å². The van der Waals surface area contributed by atoms with Crippen molar-refractivity contribution in [3.63, 3.8) is 0 Å². The fourth-order valence-electron chi connectivity index (χ4n) is 4.76. The first-order valence-electron chi connectivity index (χ1n) is 11.6. The van der Waals surface area contributed by atoms with Crippen LogP contribution in [0.3, 0.4) is 0 Å². The summed E-state index contributed by atoms with van der Waals surface area (Å²) in [6.07, 6.45) is 0. The molecule has 0 saturated carbocycles. The number of fused-ring (bicyclic) bond motifs is 3. The summed E-state index contributed by atoms with van der Waals surface area (Å²) < 4.78 is 29.0. The molecular formula is C31H23NO2S. The van der Waals surface area contributed by atoms with Crippen molar-refractivity contribution in [2.24, 2.45) is 0 Å². The average Bonchev–Trinajstić information content (AvgIpc) is 3.24. The summed E-state index contributed by atoms with van der Waals surface area (Å²) >= 11 is 0. The van der Waals surface area contributed by atoms with E-state index in [-0.39, 0.29) is 5.75 Å². The van der Waals surface area contributed by atoms with Crippen molar-refractivity contribution in [3.05, 3.63) is 133 Å². The van der Waals surface area contributed by atoms with Crippen LogP contribution in [0, 0.1) is 0 Å². The minimum absolute atomic E-state index is 0.0619. The zero-order valence-electron chi connectivity index (χ0n) is 19.0. The molecule has 0 N–H and O–H groups in total. The Balaban J connectivity index is 1.62. The molecule has 5 aromatic carbocycles. The highest BCUT2D eigenvalue weighted by atomic mass is 32.2. The fraction of sp³-hybridized carbons (Fsp3) is 0.0323. The molecule has 0 radical (unpaired) electrons. The van der Waals surface area contributed by atoms with E-state index in [0.29, 0.717) is 11.0 Å². The molecule has 0 saturated heterocycles. The van der Waals surface area contributed by atoms with E-state index in [1.165, 1.54) is 3.97 Å². The number of hydrogen-bond acceptors (Lipinski definition) is 2. The van der Waals surface area contributed by atoms with Crippen LogP contribution in [0.2, 0.25) is 0 Å². The van der Waals surface area contributed by atoms with Gasteiger partial charge in [0.25, 0.3) is 0 Å². The maximum absolute atomic E-state index is 13.8. The Morgan fingerprint density at radius 3 is 1.37 bits per heavy atom. The number of aromatic nitrogens is 1. The van der Waals surface area contributed by atoms with Gasteiger partial charge in [-0.1, -0.05) is 103 Å². The third kappa shape index (κ3) is 3.92. The summed E-state index contributed by atoms with van der Waals surface area (Å²) in [5.41, 5.74) is 6.47. The van der Waals surface area contributed by atoms with Crippen LogP contribution in [-0.4, -0.2) is 12.4 Å². The third-order valence-electron chi connectivity index (χ3n) is 6.41. The third-order valence-corrected chi connectivity index (χ3v) is 8.05. The van der Waals surface area contributed by atoms with Gasteiger partial charge in [0.15, 0.2) is 0 Å². The van der Waals surface area contributed by atoms with Crippen LogP contribution in [0.4, 0.5) is 0 Å². The van der Waals surface area contributed by atoms with Crippen molar-refractivity contribution < 1.29 is 8.42 Å². The van der Waals surface area contributed by atoms with E-state index in [0.717, 1.165) is 38.6 Å². The number of hydrogen-bond donors (Lipinski definition) is 0. The van der Waals surface area contributed by atoms with E-state index in [1.807, 2.05) is 91.0 Å². The molecule has 0 fully saturated rings. The summed E-state index contributed by atoms with van der Waals surface area (Å²) in [6.45, 7) is 0. The summed E-state index contributed by atoms with van der Waals surface area (Å²) in [7, 11) is -3.66. The van der Waals surface area contributed by atoms with Gasteiger partial charge in [-0.2, -0.15) is 0 Å². The molecule has 1 heterocycles. The SMILES string of the molecule is O=S(=O)(Cc1ccccc1)n1c2ccc(-c3ccccc3)cc2c2cc(-c3ccccc3)ccc21. The monoisotopic (exact) mass is 473 g/mol. The van der Waals surface area contributed by atoms with E-state index < -0.39 is 10.0 Å². The van der Waals surface area contributed by atoms with Gasteiger partial charge in [-0.15, -0.1) is 0 Å². The number of nitrogens with zero attached hydrogens (tertiary/aromatic N) is 1. The second kappa shape index (κ2) is 8.57. The van der Waals surface area contributed by atoms with Gasteiger partial charge >= 0.3 is 0 Å². The van der Waals surface area contributed by atoms with E-state index in [1.54, 1.807) is 0 Å². The highest BCUT2D eigenvalue weighted by molar-refractivity contribution is 7.89. The predicted molar refractivity (Wildman–Crippen MR) is 145 cm³/mol. The van der Waals surface area contributed by atoms with Crippen LogP contribution in [0.15, 0.2) is 127 Å². The second-order valence-corrected chi connectivity index (χ2v) is 10.5. The summed E-state index contributed by atoms with van der Waals surface area (Å²) in [4.78, 5) is 0. The number of benzene rings is 5. The topological polar surface area (TPSA) is 39.1 Å². The molecule has 4 heteroatoms. The quantitative estimate of drug-likeness (QED) is 0.260. The van der Waals surface area contributed by atoms with Crippen LogP contribution in [-0.2, 0) is 15.8 Å². The fourth-order valence-corrected chi connectivity index (χ4v) is 6.42. The molecule has 170 valence electrons. The zero-order chi connectivity index (χ0) is 23.8. The molecule has 0 atom stereocenters. The molecule has 0 amide bonds. The molecule has 6 aromatic rings. The highest BCUT2D eigenvalue weighted by Gasteiger charge is 2.22. The van der Waals surface area contributed by atoms with Gasteiger partial charge in [0.05, 0.1) is 16.8 Å². The van der Waals surface area contributed by atoms with Crippen molar-refractivity contribution in [3.8, 4) is 22.3 Å². The van der Waals surface area contributed by atoms with Crippen LogP contribution < -0.4 is 0 Å². The zero-order valence-corrected chi connectivity index (χ0v) is 19.8. The molecule has 0 unspecified atom stereocenters. The Morgan fingerprint density at radius 2 is 0.914 bits per heavy atom. The normalized spacial score (nSPS) is 11.8. The Labute approximate surface area is 205 Å². The van der Waals surface area contributed by atoms with Crippen LogP contribution in [0.1, 0.15) is 5.56 Å². The molecule has 0 spiro atoms. The Hall–Kier alpha value is -4.15. The second-order valence-electron chi connectivity index (χ2n) is 8.70. The molecule has 0 aliphatic heterocycles. The minimum Gasteiger partial charge on any atom is -0.237 e. The summed E-state index contributed by atoms with van der Waals surface area (Å²) in [5.74, 6) is -0.0619. The first-order chi connectivity index (χ1) is 17.1. The maximum atomic E-state index is 13.8. The van der Waals surface area contributed by atoms with Crippen LogP contribution in [0.25, 0.3) is 44.1 Å². The van der Waals surface area contributed by atoms with Crippen molar-refractivity contribution in [1.82, 2.24) is 3.97 Å². The lowest BCUT2D eigenvalue weighted by Gasteiger charge is -2.10. The maximum Gasteiger partial charge on any atom is 0.243 e. The van der Waals surface area contributed by atoms with E-state index in [9.17, 15) is 8.42 Å². The summed E-state index contributed by atoms with van der Waals surface area (Å²) in [6, 6.07) is 41.8. The number of rotatable bonds is 5. The summed E-state index contributed by atoms with van der Waals surface area (Å²) in [5, 5.41) is 1.85. The molecule has 6 rings (SSSR count). The standard InChI is InChI=1S/C31H23NO2S/c33-35(34,22-23-10-4-1-5-11-23)32-30-18-16-26(24-12-6-2-7-13-24)20-28(30)29-21-27(17-19-31(29)32)25-14-8-3-9-15-25/h1-21H,22H2. The van der Waals surface area contributed by atoms with Gasteiger partial charge in [-0.3, -0.25) is 0 Å². The Kier molecular flexibility index (Phi) is 5.24. The lowest BCUT2D eigenvalue weighted by molar-refractivity contribution is 0.589. The van der Waals surface area contributed by atoms with Crippen molar-refractivity contribution in [2.75, 3.05) is 0 Å². The Morgan fingerprint density at radius 1 is 0.486 bits per heavy atom. The lowest BCUT2D eigenvalue weighted by Crippen LogP contribution is -2.14. The minimum atomic E-state index is -3.66.